The van der Waals surface area contributed by atoms with Crippen molar-refractivity contribution in [1.29, 1.82) is 0 Å². The first kappa shape index (κ1) is 16.3. The predicted molar refractivity (Wildman–Crippen MR) is 87.0 cm³/mol. The molecule has 2 unspecified atom stereocenters. The number of nitrogens with one attached hydrogen (secondary N) is 1. The van der Waals surface area contributed by atoms with Gasteiger partial charge in [-0.05, 0) is 31.4 Å². The minimum Gasteiger partial charge on any atom is -0.464 e. The van der Waals surface area contributed by atoms with Crippen LogP contribution in [0.15, 0.2) is 24.3 Å². The number of nitrogens with zero attached hydrogens (tertiary/aromatic N) is 1. The second-order valence-electron chi connectivity index (χ2n) is 5.42. The second-order valence-corrected chi connectivity index (χ2v) is 5.42. The van der Waals surface area contributed by atoms with Crippen molar-refractivity contribution in [2.24, 2.45) is 0 Å². The first-order valence-corrected chi connectivity index (χ1v) is 7.99. The number of anilines is 2. The van der Waals surface area contributed by atoms with E-state index in [-0.39, 0.29) is 17.9 Å². The Balaban J connectivity index is 2.36. The molecule has 0 bridgehead atoms. The van der Waals surface area contributed by atoms with Crippen LogP contribution in [0.1, 0.15) is 40.0 Å². The Hall–Kier alpha value is -2.04. The zero-order valence-corrected chi connectivity index (χ0v) is 13.5. The lowest BCUT2D eigenvalue weighted by Crippen LogP contribution is -2.54. The van der Waals surface area contributed by atoms with Crippen molar-refractivity contribution in [3.05, 3.63) is 24.3 Å². The monoisotopic (exact) mass is 304 g/mol. The molecule has 1 heterocycles. The van der Waals surface area contributed by atoms with Gasteiger partial charge in [0, 0.05) is 0 Å². The highest BCUT2D eigenvalue weighted by atomic mass is 16.5. The van der Waals surface area contributed by atoms with Gasteiger partial charge >= 0.3 is 5.97 Å². The summed E-state index contributed by atoms with van der Waals surface area (Å²) in [5.74, 6) is -0.397. The van der Waals surface area contributed by atoms with Crippen LogP contribution in [-0.2, 0) is 14.3 Å². The molecule has 1 aliphatic heterocycles. The van der Waals surface area contributed by atoms with Gasteiger partial charge < -0.3 is 10.1 Å². The third-order valence-electron chi connectivity index (χ3n) is 3.86. The fourth-order valence-corrected chi connectivity index (χ4v) is 2.69. The molecule has 5 heteroatoms. The lowest BCUT2D eigenvalue weighted by atomic mass is 10.0. The number of ether oxygens (including phenoxy) is 1. The van der Waals surface area contributed by atoms with Gasteiger partial charge in [0.1, 0.15) is 12.1 Å². The quantitative estimate of drug-likeness (QED) is 0.821. The summed E-state index contributed by atoms with van der Waals surface area (Å²) in [4.78, 5) is 26.7. The maximum absolute atomic E-state index is 12.8. The molecule has 0 spiro atoms. The van der Waals surface area contributed by atoms with E-state index in [4.69, 9.17) is 4.74 Å². The summed E-state index contributed by atoms with van der Waals surface area (Å²) in [5.41, 5.74) is 1.63. The van der Waals surface area contributed by atoms with Crippen LogP contribution in [0, 0.1) is 0 Å². The fraction of sp³-hybridized carbons (Fsp3) is 0.529. The van der Waals surface area contributed by atoms with Gasteiger partial charge in [-0.2, -0.15) is 0 Å². The fourth-order valence-electron chi connectivity index (χ4n) is 2.69. The second kappa shape index (κ2) is 7.29. The molecule has 120 valence electrons. The van der Waals surface area contributed by atoms with E-state index in [2.05, 4.69) is 5.32 Å². The third kappa shape index (κ3) is 3.08. The Morgan fingerprint density at radius 2 is 2.05 bits per heavy atom. The topological polar surface area (TPSA) is 58.6 Å². The zero-order chi connectivity index (χ0) is 16.1. The highest BCUT2D eigenvalue weighted by Gasteiger charge is 2.38. The van der Waals surface area contributed by atoms with E-state index >= 15 is 0 Å². The highest BCUT2D eigenvalue weighted by molar-refractivity contribution is 6.08. The molecule has 2 rings (SSSR count). The summed E-state index contributed by atoms with van der Waals surface area (Å²) in [6.07, 6.45) is 1.97. The van der Waals surface area contributed by atoms with Crippen LogP contribution in [0.4, 0.5) is 11.4 Å². The highest BCUT2D eigenvalue weighted by Crippen LogP contribution is 2.34. The molecule has 1 N–H and O–H groups in total. The first-order chi connectivity index (χ1) is 10.6. The van der Waals surface area contributed by atoms with E-state index in [1.54, 1.807) is 4.90 Å². The zero-order valence-electron chi connectivity index (χ0n) is 13.5. The SMILES string of the molecule is CCCOC(=O)C(CC)N1C(=O)C(CC)Nc2ccccc21. The van der Waals surface area contributed by atoms with Gasteiger partial charge in [-0.3, -0.25) is 9.69 Å². The van der Waals surface area contributed by atoms with E-state index in [0.717, 1.165) is 17.8 Å². The number of rotatable bonds is 6. The van der Waals surface area contributed by atoms with E-state index in [1.807, 2.05) is 45.0 Å². The van der Waals surface area contributed by atoms with Gasteiger partial charge in [-0.1, -0.05) is 32.9 Å². The Labute approximate surface area is 131 Å². The molecule has 0 fully saturated rings. The normalized spacial score (nSPS) is 18.4. The molecule has 0 saturated carbocycles. The summed E-state index contributed by atoms with van der Waals surface area (Å²) in [7, 11) is 0. The van der Waals surface area contributed by atoms with Gasteiger partial charge in [-0.15, -0.1) is 0 Å². The third-order valence-corrected chi connectivity index (χ3v) is 3.86. The number of esters is 1. The van der Waals surface area contributed by atoms with Crippen molar-refractivity contribution in [2.45, 2.75) is 52.1 Å². The molecular weight excluding hydrogens is 280 g/mol. The molecule has 2 atom stereocenters. The molecule has 0 radical (unpaired) electrons. The largest absolute Gasteiger partial charge is 0.464 e. The average Bonchev–Trinajstić information content (AvgIpc) is 2.55. The molecule has 5 nitrogen and oxygen atoms in total. The van der Waals surface area contributed by atoms with Crippen LogP contribution in [0.25, 0.3) is 0 Å². The van der Waals surface area contributed by atoms with Crippen molar-refractivity contribution in [2.75, 3.05) is 16.8 Å². The van der Waals surface area contributed by atoms with Crippen molar-refractivity contribution in [3.8, 4) is 0 Å². The number of carbonyl (C=O) groups excluding carboxylic acids is 2. The van der Waals surface area contributed by atoms with Gasteiger partial charge in [0.2, 0.25) is 5.91 Å². The number of carbonyl (C=O) groups is 2. The van der Waals surface area contributed by atoms with Crippen LogP contribution in [0.2, 0.25) is 0 Å². The van der Waals surface area contributed by atoms with Gasteiger partial charge in [0.15, 0.2) is 0 Å². The van der Waals surface area contributed by atoms with Crippen LogP contribution in [-0.4, -0.2) is 30.6 Å². The summed E-state index contributed by atoms with van der Waals surface area (Å²) < 4.78 is 5.28. The van der Waals surface area contributed by atoms with Gasteiger partial charge in [0.25, 0.3) is 0 Å². The molecule has 0 aliphatic carbocycles. The van der Waals surface area contributed by atoms with Gasteiger partial charge in [0.05, 0.1) is 18.0 Å². The number of fused-ring (bicyclic) bond motifs is 1. The molecule has 0 aromatic heterocycles. The molecule has 0 saturated heterocycles. The standard InChI is InChI=1S/C17H24N2O3/c1-4-11-22-17(21)14(6-3)19-15-10-8-7-9-13(15)18-12(5-2)16(19)20/h7-10,12,14,18H,4-6,11H2,1-3H3. The molecular formula is C17H24N2O3. The van der Waals surface area contributed by atoms with Crippen molar-refractivity contribution in [1.82, 2.24) is 0 Å². The maximum Gasteiger partial charge on any atom is 0.329 e. The molecule has 22 heavy (non-hydrogen) atoms. The molecule has 1 aromatic rings. The first-order valence-electron chi connectivity index (χ1n) is 7.99. The molecule has 1 aliphatic rings. The van der Waals surface area contributed by atoms with Crippen molar-refractivity contribution in [3.63, 3.8) is 0 Å². The Kier molecular flexibility index (Phi) is 5.41. The molecule has 1 aromatic carbocycles. The molecule has 1 amide bonds. The minimum absolute atomic E-state index is 0.0681. The summed E-state index contributed by atoms with van der Waals surface area (Å²) in [6.45, 7) is 6.19. The van der Waals surface area contributed by atoms with Crippen LogP contribution >= 0.6 is 0 Å². The summed E-state index contributed by atoms with van der Waals surface area (Å²) in [6, 6.07) is 6.71. The number of para-hydroxylation sites is 2. The summed E-state index contributed by atoms with van der Waals surface area (Å²) >= 11 is 0. The lowest BCUT2D eigenvalue weighted by molar-refractivity contribution is -0.146. The number of benzene rings is 1. The summed E-state index contributed by atoms with van der Waals surface area (Å²) in [5, 5.41) is 3.24. The average molecular weight is 304 g/mol. The van der Waals surface area contributed by atoms with Crippen molar-refractivity contribution >= 4 is 23.3 Å². The smallest absolute Gasteiger partial charge is 0.329 e. The Bertz CT molecular complexity index is 544. The number of amides is 1. The van der Waals surface area contributed by atoms with E-state index < -0.39 is 6.04 Å². The van der Waals surface area contributed by atoms with Crippen LogP contribution in [0.5, 0.6) is 0 Å². The van der Waals surface area contributed by atoms with E-state index in [1.165, 1.54) is 0 Å². The van der Waals surface area contributed by atoms with Crippen LogP contribution < -0.4 is 10.2 Å². The van der Waals surface area contributed by atoms with E-state index in [0.29, 0.717) is 19.4 Å². The Morgan fingerprint density at radius 3 is 2.68 bits per heavy atom. The van der Waals surface area contributed by atoms with E-state index in [9.17, 15) is 9.59 Å². The van der Waals surface area contributed by atoms with Gasteiger partial charge in [-0.25, -0.2) is 4.79 Å². The maximum atomic E-state index is 12.8. The Morgan fingerprint density at radius 1 is 1.32 bits per heavy atom. The minimum atomic E-state index is -0.573. The van der Waals surface area contributed by atoms with Crippen molar-refractivity contribution < 1.29 is 14.3 Å². The van der Waals surface area contributed by atoms with Crippen LogP contribution in [0.3, 0.4) is 0 Å². The predicted octanol–water partition coefficient (Wildman–Crippen LogP) is 2.96. The number of hydrogen-bond acceptors (Lipinski definition) is 4. The number of hydrogen-bond donors (Lipinski definition) is 1. The lowest BCUT2D eigenvalue weighted by Gasteiger charge is -2.38.